The van der Waals surface area contributed by atoms with E-state index in [1.54, 1.807) is 6.92 Å². The molecule has 0 fully saturated rings. The SMILES string of the molecule is CCOC(=O)c1nn(-c2ccc(C(F)(F)F)cc2)c(=O)c2c(NC(=O)CCCc3ccccc3)scc12. The van der Waals surface area contributed by atoms with E-state index in [4.69, 9.17) is 4.74 Å². The summed E-state index contributed by atoms with van der Waals surface area (Å²) in [6.45, 7) is 1.66. The summed E-state index contributed by atoms with van der Waals surface area (Å²) in [7, 11) is 0. The van der Waals surface area contributed by atoms with Crippen LogP contribution in [-0.4, -0.2) is 28.3 Å². The van der Waals surface area contributed by atoms with Crippen LogP contribution in [0.3, 0.4) is 0 Å². The molecule has 2 aromatic heterocycles. The maximum atomic E-state index is 13.4. The van der Waals surface area contributed by atoms with Crippen molar-refractivity contribution in [3.63, 3.8) is 0 Å². The predicted octanol–water partition coefficient (Wildman–Crippen LogP) is 5.60. The summed E-state index contributed by atoms with van der Waals surface area (Å²) in [5.74, 6) is -1.11. The number of nitrogens with zero attached hydrogens (tertiary/aromatic N) is 2. The number of thiophene rings is 1. The minimum absolute atomic E-state index is 0.0248. The fraction of sp³-hybridized carbons (Fsp3) is 0.231. The van der Waals surface area contributed by atoms with Gasteiger partial charge < -0.3 is 10.1 Å². The summed E-state index contributed by atoms with van der Waals surface area (Å²) >= 11 is 1.05. The van der Waals surface area contributed by atoms with E-state index in [2.05, 4.69) is 10.4 Å². The Morgan fingerprint density at radius 1 is 1.08 bits per heavy atom. The number of anilines is 1. The van der Waals surface area contributed by atoms with Gasteiger partial charge in [0.1, 0.15) is 5.00 Å². The number of esters is 1. The van der Waals surface area contributed by atoms with Crippen molar-refractivity contribution in [2.24, 2.45) is 0 Å². The van der Waals surface area contributed by atoms with Crippen molar-refractivity contribution in [2.45, 2.75) is 32.4 Å². The summed E-state index contributed by atoms with van der Waals surface area (Å²) in [5.41, 5.74) is -0.644. The first-order chi connectivity index (χ1) is 17.7. The van der Waals surface area contributed by atoms with Gasteiger partial charge in [-0.2, -0.15) is 23.0 Å². The molecule has 0 saturated carbocycles. The van der Waals surface area contributed by atoms with Crippen LogP contribution in [0, 0.1) is 0 Å². The first kappa shape index (κ1) is 26.1. The molecule has 37 heavy (non-hydrogen) atoms. The molecule has 0 atom stereocenters. The summed E-state index contributed by atoms with van der Waals surface area (Å²) in [4.78, 5) is 38.6. The van der Waals surface area contributed by atoms with E-state index in [1.807, 2.05) is 30.3 Å². The highest BCUT2D eigenvalue weighted by molar-refractivity contribution is 7.16. The van der Waals surface area contributed by atoms with Gasteiger partial charge in [-0.15, -0.1) is 11.3 Å². The topological polar surface area (TPSA) is 90.3 Å². The van der Waals surface area contributed by atoms with Crippen molar-refractivity contribution >= 4 is 39.0 Å². The smallest absolute Gasteiger partial charge is 0.416 e. The molecule has 0 aliphatic heterocycles. The number of carbonyl (C=O) groups excluding carboxylic acids is 2. The van der Waals surface area contributed by atoms with Crippen molar-refractivity contribution in [1.29, 1.82) is 0 Å². The number of halogens is 3. The Kier molecular flexibility index (Phi) is 7.72. The standard InChI is InChI=1S/C26H22F3N3O4S/c1-2-36-25(35)22-19-15-37-23(30-20(33)10-6-9-16-7-4-3-5-8-16)21(19)24(34)32(31-22)18-13-11-17(12-14-18)26(27,28)29/h3-5,7-8,11-15H,2,6,9-10H2,1H3,(H,30,33). The number of hydrogen-bond acceptors (Lipinski definition) is 6. The zero-order chi connectivity index (χ0) is 26.6. The van der Waals surface area contributed by atoms with Crippen LogP contribution >= 0.6 is 11.3 Å². The summed E-state index contributed by atoms with van der Waals surface area (Å²) in [6, 6.07) is 13.5. The predicted molar refractivity (Wildman–Crippen MR) is 134 cm³/mol. The Balaban J connectivity index is 1.68. The van der Waals surface area contributed by atoms with E-state index in [0.29, 0.717) is 12.8 Å². The van der Waals surface area contributed by atoms with Crippen molar-refractivity contribution in [1.82, 2.24) is 9.78 Å². The number of benzene rings is 2. The van der Waals surface area contributed by atoms with Crippen LogP contribution in [0.15, 0.2) is 64.8 Å². The molecular formula is C26H22F3N3O4S. The Morgan fingerprint density at radius 2 is 1.78 bits per heavy atom. The van der Waals surface area contributed by atoms with E-state index in [0.717, 1.165) is 45.8 Å². The number of amides is 1. The van der Waals surface area contributed by atoms with Crippen LogP contribution in [-0.2, 0) is 22.1 Å². The second-order valence-corrected chi connectivity index (χ2v) is 8.95. The second kappa shape index (κ2) is 11.0. The molecule has 0 aliphatic carbocycles. The maximum Gasteiger partial charge on any atom is 0.416 e. The largest absolute Gasteiger partial charge is 0.461 e. The van der Waals surface area contributed by atoms with Gasteiger partial charge in [-0.3, -0.25) is 9.59 Å². The van der Waals surface area contributed by atoms with E-state index in [1.165, 1.54) is 5.38 Å². The normalized spacial score (nSPS) is 11.5. The highest BCUT2D eigenvalue weighted by Crippen LogP contribution is 2.32. The third-order valence-electron chi connectivity index (χ3n) is 5.53. The van der Waals surface area contributed by atoms with Crippen molar-refractivity contribution in [2.75, 3.05) is 11.9 Å². The first-order valence-electron chi connectivity index (χ1n) is 11.4. The Labute approximate surface area is 213 Å². The average molecular weight is 530 g/mol. The second-order valence-electron chi connectivity index (χ2n) is 8.07. The van der Waals surface area contributed by atoms with Gasteiger partial charge in [0.15, 0.2) is 5.69 Å². The van der Waals surface area contributed by atoms with Gasteiger partial charge in [-0.25, -0.2) is 4.79 Å². The van der Waals surface area contributed by atoms with Crippen molar-refractivity contribution < 1.29 is 27.5 Å². The number of hydrogen-bond donors (Lipinski definition) is 1. The van der Waals surface area contributed by atoms with Gasteiger partial charge >= 0.3 is 12.1 Å². The minimum atomic E-state index is -4.55. The van der Waals surface area contributed by atoms with Crippen LogP contribution in [0.25, 0.3) is 16.5 Å². The Bertz CT molecular complexity index is 1480. The number of ether oxygens (including phenoxy) is 1. The monoisotopic (exact) mass is 529 g/mol. The number of rotatable bonds is 8. The number of carbonyl (C=O) groups is 2. The number of alkyl halides is 3. The lowest BCUT2D eigenvalue weighted by Gasteiger charge is -2.11. The Hall–Kier alpha value is -3.99. The van der Waals surface area contributed by atoms with E-state index < -0.39 is 23.3 Å². The lowest BCUT2D eigenvalue weighted by Crippen LogP contribution is -2.25. The molecule has 0 saturated heterocycles. The van der Waals surface area contributed by atoms with Gasteiger partial charge in [0, 0.05) is 17.2 Å². The average Bonchev–Trinajstić information content (AvgIpc) is 3.28. The van der Waals surface area contributed by atoms with Crippen LogP contribution in [0.5, 0.6) is 0 Å². The van der Waals surface area contributed by atoms with Crippen LogP contribution < -0.4 is 10.9 Å². The molecule has 1 N–H and O–H groups in total. The van der Waals surface area contributed by atoms with E-state index >= 15 is 0 Å². The third kappa shape index (κ3) is 5.88. The number of aromatic nitrogens is 2. The van der Waals surface area contributed by atoms with E-state index in [9.17, 15) is 27.6 Å². The minimum Gasteiger partial charge on any atom is -0.461 e. The highest BCUT2D eigenvalue weighted by Gasteiger charge is 2.30. The third-order valence-corrected chi connectivity index (χ3v) is 6.42. The molecule has 7 nitrogen and oxygen atoms in total. The molecule has 2 aromatic carbocycles. The van der Waals surface area contributed by atoms with Crippen LogP contribution in [0.1, 0.15) is 41.4 Å². The number of nitrogens with one attached hydrogen (secondary N) is 1. The van der Waals surface area contributed by atoms with Gasteiger partial charge in [0.25, 0.3) is 5.56 Å². The molecule has 4 aromatic rings. The van der Waals surface area contributed by atoms with Crippen LogP contribution in [0.4, 0.5) is 18.2 Å². The summed E-state index contributed by atoms with van der Waals surface area (Å²) in [5, 5.41) is 8.79. The Morgan fingerprint density at radius 3 is 2.43 bits per heavy atom. The van der Waals surface area contributed by atoms with Gasteiger partial charge in [0.2, 0.25) is 5.91 Å². The number of aryl methyl sites for hydroxylation is 1. The molecule has 11 heteroatoms. The van der Waals surface area contributed by atoms with Crippen molar-refractivity contribution in [3.05, 3.63) is 87.2 Å². The first-order valence-corrected chi connectivity index (χ1v) is 12.3. The highest BCUT2D eigenvalue weighted by atomic mass is 32.1. The molecule has 0 bridgehead atoms. The fourth-order valence-corrected chi connectivity index (χ4v) is 4.70. The molecule has 0 aliphatic rings. The molecule has 0 unspecified atom stereocenters. The van der Waals surface area contributed by atoms with Gasteiger partial charge in [0.05, 0.1) is 23.2 Å². The number of fused-ring (bicyclic) bond motifs is 1. The zero-order valence-corrected chi connectivity index (χ0v) is 20.5. The van der Waals surface area contributed by atoms with Crippen molar-refractivity contribution in [3.8, 4) is 5.69 Å². The summed E-state index contributed by atoms with van der Waals surface area (Å²) in [6.07, 6.45) is -3.05. The summed E-state index contributed by atoms with van der Waals surface area (Å²) < 4.78 is 44.9. The van der Waals surface area contributed by atoms with Gasteiger partial charge in [-0.05, 0) is 49.6 Å². The molecular weight excluding hydrogens is 507 g/mol. The van der Waals surface area contributed by atoms with Crippen LogP contribution in [0.2, 0.25) is 0 Å². The molecule has 0 spiro atoms. The molecule has 192 valence electrons. The molecule has 2 heterocycles. The lowest BCUT2D eigenvalue weighted by molar-refractivity contribution is -0.137. The maximum absolute atomic E-state index is 13.4. The molecule has 0 radical (unpaired) electrons. The lowest BCUT2D eigenvalue weighted by atomic mass is 10.1. The molecule has 1 amide bonds. The van der Waals surface area contributed by atoms with Gasteiger partial charge in [-0.1, -0.05) is 30.3 Å². The van der Waals surface area contributed by atoms with E-state index in [-0.39, 0.29) is 46.1 Å². The molecule has 4 rings (SSSR count). The quantitative estimate of drug-likeness (QED) is 0.300. The zero-order valence-electron chi connectivity index (χ0n) is 19.7. The fourth-order valence-electron chi connectivity index (χ4n) is 3.75.